The second-order valence-electron chi connectivity index (χ2n) is 5.31. The highest BCUT2D eigenvalue weighted by atomic mass is 79.9. The van der Waals surface area contributed by atoms with Gasteiger partial charge in [0.25, 0.3) is 0 Å². The summed E-state index contributed by atoms with van der Waals surface area (Å²) in [7, 11) is 1.96. The molecule has 0 radical (unpaired) electrons. The minimum Gasteiger partial charge on any atom is -0.459 e. The molecule has 0 bridgehead atoms. The van der Waals surface area contributed by atoms with E-state index in [1.54, 1.807) is 0 Å². The van der Waals surface area contributed by atoms with E-state index in [2.05, 4.69) is 54.2 Å². The highest BCUT2D eigenvalue weighted by molar-refractivity contribution is 9.10. The first kappa shape index (κ1) is 14.6. The van der Waals surface area contributed by atoms with Crippen LogP contribution in [0.15, 0.2) is 21.0 Å². The lowest BCUT2D eigenvalue weighted by Crippen LogP contribution is -2.05. The molecule has 0 saturated carbocycles. The van der Waals surface area contributed by atoms with Crippen LogP contribution in [0, 0.1) is 0 Å². The van der Waals surface area contributed by atoms with E-state index < -0.39 is 0 Å². The Morgan fingerprint density at radius 3 is 2.63 bits per heavy atom. The van der Waals surface area contributed by atoms with Crippen molar-refractivity contribution in [3.8, 4) is 0 Å². The average molecular weight is 324 g/mol. The van der Waals surface area contributed by atoms with Gasteiger partial charge in [0.1, 0.15) is 11.3 Å². The average Bonchev–Trinajstić information content (AvgIpc) is 2.68. The number of hydrogen-bond acceptors (Lipinski definition) is 2. The summed E-state index contributed by atoms with van der Waals surface area (Å²) >= 11 is 3.63. The largest absolute Gasteiger partial charge is 0.459 e. The second kappa shape index (κ2) is 6.10. The third-order valence-electron chi connectivity index (χ3n) is 3.43. The van der Waals surface area contributed by atoms with Crippen molar-refractivity contribution in [1.82, 2.24) is 5.32 Å². The molecule has 2 rings (SSSR count). The predicted octanol–water partition coefficient (Wildman–Crippen LogP) is 4.99. The third-order valence-corrected chi connectivity index (χ3v) is 3.89. The Labute approximate surface area is 123 Å². The Bertz CT molecular complexity index is 572. The Hall–Kier alpha value is -0.800. The maximum atomic E-state index is 6.16. The van der Waals surface area contributed by atoms with Crippen LogP contribution in [0.1, 0.15) is 50.0 Å². The van der Waals surface area contributed by atoms with Crippen LogP contribution in [0.5, 0.6) is 0 Å². The predicted molar refractivity (Wildman–Crippen MR) is 84.8 cm³/mol. The smallest absolute Gasteiger partial charge is 0.138 e. The number of halogens is 1. The quantitative estimate of drug-likeness (QED) is 0.838. The SMILES string of the molecule is CCCc1c(CNC)oc2c(C(C)C)cc(Br)cc12. The molecule has 1 N–H and O–H groups in total. The van der Waals surface area contributed by atoms with E-state index >= 15 is 0 Å². The van der Waals surface area contributed by atoms with Crippen LogP contribution in [0.25, 0.3) is 11.0 Å². The molecule has 0 unspecified atom stereocenters. The summed E-state index contributed by atoms with van der Waals surface area (Å²) in [4.78, 5) is 0. The van der Waals surface area contributed by atoms with Gasteiger partial charge in [-0.15, -0.1) is 0 Å². The van der Waals surface area contributed by atoms with E-state index in [0.717, 1.165) is 35.2 Å². The van der Waals surface area contributed by atoms with Crippen molar-refractivity contribution in [1.29, 1.82) is 0 Å². The van der Waals surface area contributed by atoms with Crippen molar-refractivity contribution in [2.45, 2.75) is 46.1 Å². The number of nitrogens with one attached hydrogen (secondary N) is 1. The van der Waals surface area contributed by atoms with Crippen molar-refractivity contribution in [3.05, 3.63) is 33.5 Å². The first-order chi connectivity index (χ1) is 9.08. The molecule has 104 valence electrons. The van der Waals surface area contributed by atoms with Crippen molar-refractivity contribution in [2.75, 3.05) is 7.05 Å². The molecule has 1 aromatic carbocycles. The minimum atomic E-state index is 0.461. The van der Waals surface area contributed by atoms with Crippen molar-refractivity contribution < 1.29 is 4.42 Å². The zero-order valence-electron chi connectivity index (χ0n) is 12.1. The lowest BCUT2D eigenvalue weighted by atomic mass is 9.98. The standard InChI is InChI=1S/C16H22BrNO/c1-5-6-12-14-8-11(17)7-13(10(2)3)16(14)19-15(12)9-18-4/h7-8,10,18H,5-6,9H2,1-4H3. The number of hydrogen-bond donors (Lipinski definition) is 1. The van der Waals surface area contributed by atoms with Gasteiger partial charge in [0.2, 0.25) is 0 Å². The van der Waals surface area contributed by atoms with Crippen LogP contribution < -0.4 is 5.32 Å². The Morgan fingerprint density at radius 2 is 2.05 bits per heavy atom. The molecule has 0 saturated heterocycles. The van der Waals surface area contributed by atoms with E-state index in [9.17, 15) is 0 Å². The molecular formula is C16H22BrNO. The molecule has 0 aliphatic heterocycles. The summed E-state index contributed by atoms with van der Waals surface area (Å²) in [6, 6.07) is 4.37. The highest BCUT2D eigenvalue weighted by Crippen LogP contribution is 2.35. The Balaban J connectivity index is 2.70. The van der Waals surface area contributed by atoms with Gasteiger partial charge in [-0.1, -0.05) is 43.1 Å². The number of furan rings is 1. The molecule has 0 spiro atoms. The van der Waals surface area contributed by atoms with Gasteiger partial charge in [-0.2, -0.15) is 0 Å². The zero-order chi connectivity index (χ0) is 14.0. The molecule has 3 heteroatoms. The van der Waals surface area contributed by atoms with Gasteiger partial charge in [0, 0.05) is 15.4 Å². The summed E-state index contributed by atoms with van der Waals surface area (Å²) in [5, 5.41) is 4.47. The van der Waals surface area contributed by atoms with E-state index in [1.807, 2.05) is 7.05 Å². The normalized spacial score (nSPS) is 11.7. The molecule has 0 atom stereocenters. The Kier molecular flexibility index (Phi) is 4.69. The van der Waals surface area contributed by atoms with E-state index in [4.69, 9.17) is 4.42 Å². The van der Waals surface area contributed by atoms with E-state index in [1.165, 1.54) is 16.5 Å². The number of aryl methyl sites for hydroxylation is 1. The van der Waals surface area contributed by atoms with Crippen LogP contribution in [0.2, 0.25) is 0 Å². The summed E-state index contributed by atoms with van der Waals surface area (Å²) in [5.74, 6) is 1.54. The zero-order valence-corrected chi connectivity index (χ0v) is 13.7. The fraction of sp³-hybridized carbons (Fsp3) is 0.500. The lowest BCUT2D eigenvalue weighted by Gasteiger charge is -2.07. The summed E-state index contributed by atoms with van der Waals surface area (Å²) in [5.41, 5.74) is 3.70. The van der Waals surface area contributed by atoms with Crippen molar-refractivity contribution >= 4 is 26.9 Å². The molecule has 1 heterocycles. The van der Waals surface area contributed by atoms with Crippen molar-refractivity contribution in [3.63, 3.8) is 0 Å². The molecule has 2 aromatic rings. The van der Waals surface area contributed by atoms with Crippen LogP contribution in [-0.4, -0.2) is 7.05 Å². The number of benzene rings is 1. The highest BCUT2D eigenvalue weighted by Gasteiger charge is 2.17. The number of rotatable bonds is 5. The molecule has 0 aliphatic carbocycles. The summed E-state index contributed by atoms with van der Waals surface area (Å²) < 4.78 is 7.29. The van der Waals surface area contributed by atoms with Gasteiger partial charge < -0.3 is 9.73 Å². The van der Waals surface area contributed by atoms with Gasteiger partial charge in [-0.05, 0) is 37.1 Å². The first-order valence-corrected chi connectivity index (χ1v) is 7.76. The monoisotopic (exact) mass is 323 g/mol. The molecule has 19 heavy (non-hydrogen) atoms. The summed E-state index contributed by atoms with van der Waals surface area (Å²) in [6.45, 7) is 7.42. The molecule has 0 fully saturated rings. The minimum absolute atomic E-state index is 0.461. The maximum absolute atomic E-state index is 6.16. The third kappa shape index (κ3) is 2.87. The van der Waals surface area contributed by atoms with Gasteiger partial charge in [-0.3, -0.25) is 0 Å². The van der Waals surface area contributed by atoms with Crippen LogP contribution >= 0.6 is 15.9 Å². The van der Waals surface area contributed by atoms with Gasteiger partial charge in [0.15, 0.2) is 0 Å². The molecule has 0 amide bonds. The molecule has 2 nitrogen and oxygen atoms in total. The topological polar surface area (TPSA) is 25.2 Å². The van der Waals surface area contributed by atoms with Gasteiger partial charge in [0.05, 0.1) is 6.54 Å². The van der Waals surface area contributed by atoms with E-state index in [0.29, 0.717) is 5.92 Å². The van der Waals surface area contributed by atoms with Crippen molar-refractivity contribution in [2.24, 2.45) is 0 Å². The molecule has 1 aromatic heterocycles. The fourth-order valence-corrected chi connectivity index (χ4v) is 3.02. The van der Waals surface area contributed by atoms with Gasteiger partial charge >= 0.3 is 0 Å². The van der Waals surface area contributed by atoms with E-state index in [-0.39, 0.29) is 0 Å². The van der Waals surface area contributed by atoms with Crippen LogP contribution in [0.3, 0.4) is 0 Å². The summed E-state index contributed by atoms with van der Waals surface area (Å²) in [6.07, 6.45) is 2.20. The maximum Gasteiger partial charge on any atom is 0.138 e. The lowest BCUT2D eigenvalue weighted by molar-refractivity contribution is 0.519. The molecule has 0 aliphatic rings. The number of fused-ring (bicyclic) bond motifs is 1. The van der Waals surface area contributed by atoms with Crippen LogP contribution in [-0.2, 0) is 13.0 Å². The first-order valence-electron chi connectivity index (χ1n) is 6.96. The fourth-order valence-electron chi connectivity index (χ4n) is 2.54. The second-order valence-corrected chi connectivity index (χ2v) is 6.23. The Morgan fingerprint density at radius 1 is 1.32 bits per heavy atom. The molecular weight excluding hydrogens is 302 g/mol. The van der Waals surface area contributed by atoms with Gasteiger partial charge in [-0.25, -0.2) is 0 Å². The van der Waals surface area contributed by atoms with Crippen LogP contribution in [0.4, 0.5) is 0 Å².